The molecule has 0 N–H and O–H groups in total. The number of hydrogen-bond donors (Lipinski definition) is 0. The summed E-state index contributed by atoms with van der Waals surface area (Å²) in [5, 5.41) is 0. The second kappa shape index (κ2) is 16.3. The molecule has 0 aromatic carbocycles. The zero-order valence-electron chi connectivity index (χ0n) is 19.2. The molecule has 0 fully saturated rings. The van der Waals surface area contributed by atoms with Gasteiger partial charge in [-0.3, -0.25) is 0 Å². The van der Waals surface area contributed by atoms with Crippen molar-refractivity contribution >= 4 is 0 Å². The van der Waals surface area contributed by atoms with Crippen molar-refractivity contribution in [3.8, 4) is 0 Å². The van der Waals surface area contributed by atoms with E-state index in [0.717, 1.165) is 0 Å². The van der Waals surface area contributed by atoms with Crippen LogP contribution in [-0.4, -0.2) is 28.6 Å². The van der Waals surface area contributed by atoms with Crippen LogP contribution in [-0.2, 0) is 0 Å². The van der Waals surface area contributed by atoms with Gasteiger partial charge in [0.1, 0.15) is 6.17 Å². The van der Waals surface area contributed by atoms with Crippen LogP contribution >= 0.6 is 0 Å². The third kappa shape index (κ3) is 11.1. The van der Waals surface area contributed by atoms with Gasteiger partial charge in [0.05, 0.1) is 0 Å². The number of nitrogens with zero attached hydrogens (tertiary/aromatic N) is 2. The van der Waals surface area contributed by atoms with E-state index in [9.17, 15) is 0 Å². The topological polar surface area (TPSA) is 6.48 Å². The van der Waals surface area contributed by atoms with Gasteiger partial charge in [0, 0.05) is 25.0 Å². The maximum atomic E-state index is 2.63. The minimum atomic E-state index is 0.611. The smallest absolute Gasteiger partial charge is 0.101 e. The van der Waals surface area contributed by atoms with Gasteiger partial charge in [-0.1, -0.05) is 97.3 Å². The first-order valence-electron chi connectivity index (χ1n) is 12.4. The number of hydrogen-bond acceptors (Lipinski definition) is 2. The summed E-state index contributed by atoms with van der Waals surface area (Å²) in [6.45, 7) is 10.5. The highest BCUT2D eigenvalue weighted by molar-refractivity contribution is 4.98. The minimum Gasteiger partial charge on any atom is -0.356 e. The predicted molar refractivity (Wildman–Crippen MR) is 122 cm³/mol. The van der Waals surface area contributed by atoms with Crippen molar-refractivity contribution in [2.24, 2.45) is 0 Å². The number of unbranched alkanes of at least 4 members (excludes halogenated alkanes) is 13. The summed E-state index contributed by atoms with van der Waals surface area (Å²) in [6, 6.07) is 0.611. The normalized spacial score (nSPS) is 16.9. The van der Waals surface area contributed by atoms with E-state index in [2.05, 4.69) is 49.9 Å². The van der Waals surface area contributed by atoms with Gasteiger partial charge in [0.25, 0.3) is 0 Å². The molecule has 0 radical (unpaired) electrons. The van der Waals surface area contributed by atoms with Gasteiger partial charge in [-0.15, -0.1) is 0 Å². The molecule has 2 heteroatoms. The van der Waals surface area contributed by atoms with Gasteiger partial charge >= 0.3 is 0 Å². The van der Waals surface area contributed by atoms with Crippen LogP contribution in [0.2, 0.25) is 0 Å². The van der Waals surface area contributed by atoms with Gasteiger partial charge in [0.15, 0.2) is 0 Å². The molecule has 160 valence electrons. The fourth-order valence-corrected chi connectivity index (χ4v) is 4.30. The van der Waals surface area contributed by atoms with Crippen LogP contribution in [0.25, 0.3) is 0 Å². The SMILES string of the molecule is CCCCCCCCCCN1C=CN(C(C)C)C1CCCCCCCCC. The summed E-state index contributed by atoms with van der Waals surface area (Å²) in [4.78, 5) is 5.22. The Morgan fingerprint density at radius 2 is 1.11 bits per heavy atom. The molecule has 1 unspecified atom stereocenters. The maximum Gasteiger partial charge on any atom is 0.101 e. The summed E-state index contributed by atoms with van der Waals surface area (Å²) in [6.07, 6.45) is 27.8. The van der Waals surface area contributed by atoms with E-state index in [1.54, 1.807) is 0 Å². The second-order valence-corrected chi connectivity index (χ2v) is 8.94. The van der Waals surface area contributed by atoms with E-state index in [0.29, 0.717) is 12.2 Å². The zero-order chi connectivity index (χ0) is 19.7. The summed E-state index contributed by atoms with van der Waals surface area (Å²) in [5.74, 6) is 0. The van der Waals surface area contributed by atoms with E-state index in [1.807, 2.05) is 0 Å². The first-order chi connectivity index (χ1) is 13.2. The molecule has 1 atom stereocenters. The van der Waals surface area contributed by atoms with E-state index in [1.165, 1.54) is 109 Å². The monoisotopic (exact) mass is 378 g/mol. The van der Waals surface area contributed by atoms with Crippen molar-refractivity contribution in [2.75, 3.05) is 6.54 Å². The van der Waals surface area contributed by atoms with Crippen LogP contribution in [0.3, 0.4) is 0 Å². The standard InChI is InChI=1S/C25H50N2/c1-5-7-9-11-13-15-17-19-21-26-22-23-27(24(3)4)25(26)20-18-16-14-12-10-8-6-2/h22-25H,5-21H2,1-4H3. The van der Waals surface area contributed by atoms with E-state index >= 15 is 0 Å². The molecule has 1 rings (SSSR count). The summed E-state index contributed by atoms with van der Waals surface area (Å²) < 4.78 is 0. The first-order valence-corrected chi connectivity index (χ1v) is 12.4. The van der Waals surface area contributed by atoms with Crippen molar-refractivity contribution in [2.45, 2.75) is 143 Å². The third-order valence-corrected chi connectivity index (χ3v) is 6.09. The predicted octanol–water partition coefficient (Wildman–Crippen LogP) is 8.09. The molecular weight excluding hydrogens is 328 g/mol. The van der Waals surface area contributed by atoms with Gasteiger partial charge < -0.3 is 9.80 Å². The Bertz CT molecular complexity index is 350. The lowest BCUT2D eigenvalue weighted by Gasteiger charge is -2.35. The second-order valence-electron chi connectivity index (χ2n) is 8.94. The average Bonchev–Trinajstić information content (AvgIpc) is 3.06. The van der Waals surface area contributed by atoms with Gasteiger partial charge in [-0.2, -0.15) is 0 Å². The van der Waals surface area contributed by atoms with Crippen molar-refractivity contribution < 1.29 is 0 Å². The Hall–Kier alpha value is -0.660. The van der Waals surface area contributed by atoms with Crippen LogP contribution in [0.15, 0.2) is 12.4 Å². The molecule has 1 aliphatic rings. The summed E-state index contributed by atoms with van der Waals surface area (Å²) >= 11 is 0. The molecule has 1 aliphatic heterocycles. The van der Waals surface area contributed by atoms with Crippen molar-refractivity contribution in [3.05, 3.63) is 12.4 Å². The van der Waals surface area contributed by atoms with Crippen LogP contribution in [0.1, 0.15) is 130 Å². The van der Waals surface area contributed by atoms with Crippen molar-refractivity contribution in [3.63, 3.8) is 0 Å². The van der Waals surface area contributed by atoms with E-state index < -0.39 is 0 Å². The largest absolute Gasteiger partial charge is 0.356 e. The minimum absolute atomic E-state index is 0.611. The molecule has 0 amide bonds. The first kappa shape index (κ1) is 24.4. The van der Waals surface area contributed by atoms with Crippen LogP contribution in [0, 0.1) is 0 Å². The van der Waals surface area contributed by atoms with Crippen molar-refractivity contribution in [1.82, 2.24) is 9.80 Å². The highest BCUT2D eigenvalue weighted by atomic mass is 15.4. The Morgan fingerprint density at radius 1 is 0.630 bits per heavy atom. The lowest BCUT2D eigenvalue weighted by atomic mass is 10.1. The molecule has 0 bridgehead atoms. The Labute approximate surface area is 171 Å². The molecule has 0 aromatic heterocycles. The van der Waals surface area contributed by atoms with Gasteiger partial charge in [-0.05, 0) is 33.1 Å². The molecule has 27 heavy (non-hydrogen) atoms. The van der Waals surface area contributed by atoms with Gasteiger partial charge in [0.2, 0.25) is 0 Å². The van der Waals surface area contributed by atoms with Crippen LogP contribution in [0.4, 0.5) is 0 Å². The molecule has 0 aromatic rings. The fourth-order valence-electron chi connectivity index (χ4n) is 4.30. The molecular formula is C25H50N2. The average molecular weight is 379 g/mol. The highest BCUT2D eigenvalue weighted by Crippen LogP contribution is 2.24. The van der Waals surface area contributed by atoms with Crippen LogP contribution < -0.4 is 0 Å². The molecule has 0 saturated heterocycles. The number of rotatable bonds is 18. The van der Waals surface area contributed by atoms with Crippen molar-refractivity contribution in [1.29, 1.82) is 0 Å². The lowest BCUT2D eigenvalue weighted by Crippen LogP contribution is -2.42. The quantitative estimate of drug-likeness (QED) is 0.222. The Kier molecular flexibility index (Phi) is 14.7. The summed E-state index contributed by atoms with van der Waals surface area (Å²) in [7, 11) is 0. The lowest BCUT2D eigenvalue weighted by molar-refractivity contribution is 0.114. The van der Waals surface area contributed by atoms with Crippen LogP contribution in [0.5, 0.6) is 0 Å². The molecule has 0 saturated carbocycles. The fraction of sp³-hybridized carbons (Fsp3) is 0.920. The van der Waals surface area contributed by atoms with E-state index in [-0.39, 0.29) is 0 Å². The third-order valence-electron chi connectivity index (χ3n) is 6.09. The maximum absolute atomic E-state index is 2.63. The zero-order valence-corrected chi connectivity index (χ0v) is 19.2. The van der Waals surface area contributed by atoms with Gasteiger partial charge in [-0.25, -0.2) is 0 Å². The molecule has 0 aliphatic carbocycles. The summed E-state index contributed by atoms with van der Waals surface area (Å²) in [5.41, 5.74) is 0. The Balaban J connectivity index is 2.19. The Morgan fingerprint density at radius 3 is 1.63 bits per heavy atom. The highest BCUT2D eigenvalue weighted by Gasteiger charge is 2.26. The van der Waals surface area contributed by atoms with E-state index in [4.69, 9.17) is 0 Å². The molecule has 0 spiro atoms. The molecule has 1 heterocycles. The molecule has 2 nitrogen and oxygen atoms in total.